The molecule has 3 rings (SSSR count). The molecule has 1 aliphatic carbocycles. The second kappa shape index (κ2) is 7.54. The number of amides is 1. The van der Waals surface area contributed by atoms with E-state index in [0.29, 0.717) is 6.42 Å². The molecule has 1 N–H and O–H groups in total. The van der Waals surface area contributed by atoms with Gasteiger partial charge in [-0.1, -0.05) is 30.3 Å². The number of carbonyl (C=O) groups is 2. The van der Waals surface area contributed by atoms with Crippen LogP contribution in [0.2, 0.25) is 0 Å². The van der Waals surface area contributed by atoms with Crippen LogP contribution >= 0.6 is 0 Å². The third-order valence-corrected chi connectivity index (χ3v) is 4.51. The van der Waals surface area contributed by atoms with Crippen LogP contribution in [0.1, 0.15) is 38.7 Å². The van der Waals surface area contributed by atoms with Crippen molar-refractivity contribution in [1.82, 2.24) is 5.32 Å². The summed E-state index contributed by atoms with van der Waals surface area (Å²) in [7, 11) is 0. The van der Waals surface area contributed by atoms with E-state index in [0.717, 1.165) is 5.56 Å². The van der Waals surface area contributed by atoms with Crippen LogP contribution in [0.5, 0.6) is 5.75 Å². The molecular weight excluding hydrogens is 376 g/mol. The molecule has 0 spiro atoms. The first-order valence-corrected chi connectivity index (χ1v) is 9.13. The van der Waals surface area contributed by atoms with E-state index in [1.54, 1.807) is 20.8 Å². The zero-order valence-electron chi connectivity index (χ0n) is 16.4. The lowest BCUT2D eigenvalue weighted by atomic mass is 10.1. The van der Waals surface area contributed by atoms with Gasteiger partial charge in [0.05, 0.1) is 4.92 Å². The summed E-state index contributed by atoms with van der Waals surface area (Å²) in [6.07, 6.45) is -0.348. The summed E-state index contributed by atoms with van der Waals surface area (Å²) in [4.78, 5) is 35.6. The molecule has 0 heterocycles. The molecular formula is C21H22N2O6. The lowest BCUT2D eigenvalue weighted by Gasteiger charge is -2.23. The highest BCUT2D eigenvalue weighted by atomic mass is 16.6. The average Bonchev–Trinajstić information content (AvgIpc) is 3.36. The van der Waals surface area contributed by atoms with E-state index in [4.69, 9.17) is 9.47 Å². The van der Waals surface area contributed by atoms with Crippen LogP contribution < -0.4 is 10.1 Å². The van der Waals surface area contributed by atoms with E-state index in [9.17, 15) is 19.7 Å². The molecule has 29 heavy (non-hydrogen) atoms. The standard InChI is InChI=1S/C21H22N2O6/c1-20(2,3)29-19(25)22-21(13-17(21)14-7-5-4-6-8-14)18(24)28-16-11-9-15(10-12-16)23(26)27/h4-12,17H,13H2,1-3H3,(H,22,25)/t17-,21+/m1/s1. The van der Waals surface area contributed by atoms with Crippen molar-refractivity contribution in [3.63, 3.8) is 0 Å². The molecule has 0 radical (unpaired) electrons. The molecule has 8 heteroatoms. The van der Waals surface area contributed by atoms with Gasteiger partial charge in [0.25, 0.3) is 5.69 Å². The van der Waals surface area contributed by atoms with Gasteiger partial charge in [-0.05, 0) is 44.9 Å². The number of carbonyl (C=O) groups excluding carboxylic acids is 2. The Bertz CT molecular complexity index is 920. The quantitative estimate of drug-likeness (QED) is 0.354. The van der Waals surface area contributed by atoms with Crippen molar-refractivity contribution in [1.29, 1.82) is 0 Å². The van der Waals surface area contributed by atoms with E-state index < -0.39 is 28.1 Å². The number of nitro groups is 1. The highest BCUT2D eigenvalue weighted by Gasteiger charge is 2.63. The van der Waals surface area contributed by atoms with E-state index in [1.807, 2.05) is 30.3 Å². The van der Waals surface area contributed by atoms with Crippen LogP contribution in [0.25, 0.3) is 0 Å². The summed E-state index contributed by atoms with van der Waals surface area (Å²) in [6, 6.07) is 14.5. The van der Waals surface area contributed by atoms with Crippen molar-refractivity contribution in [2.75, 3.05) is 0 Å². The fraction of sp³-hybridized carbons (Fsp3) is 0.333. The Morgan fingerprint density at radius 3 is 2.28 bits per heavy atom. The minimum absolute atomic E-state index is 0.111. The second-order valence-corrected chi connectivity index (χ2v) is 7.91. The van der Waals surface area contributed by atoms with Gasteiger partial charge in [0.15, 0.2) is 0 Å². The molecule has 1 fully saturated rings. The number of hydrogen-bond acceptors (Lipinski definition) is 6. The Hall–Kier alpha value is -3.42. The molecule has 2 atom stereocenters. The van der Waals surface area contributed by atoms with Crippen molar-refractivity contribution in [3.05, 3.63) is 70.3 Å². The zero-order chi connectivity index (χ0) is 21.2. The average molecular weight is 398 g/mol. The van der Waals surface area contributed by atoms with E-state index in [2.05, 4.69) is 5.32 Å². The van der Waals surface area contributed by atoms with Gasteiger partial charge >= 0.3 is 12.1 Å². The van der Waals surface area contributed by atoms with E-state index in [1.165, 1.54) is 24.3 Å². The van der Waals surface area contributed by atoms with Crippen LogP contribution in [-0.2, 0) is 9.53 Å². The first-order valence-electron chi connectivity index (χ1n) is 9.13. The molecule has 1 amide bonds. The minimum atomic E-state index is -1.26. The largest absolute Gasteiger partial charge is 0.444 e. The van der Waals surface area contributed by atoms with Crippen LogP contribution in [0.4, 0.5) is 10.5 Å². The maximum Gasteiger partial charge on any atom is 0.408 e. The lowest BCUT2D eigenvalue weighted by molar-refractivity contribution is -0.384. The maximum atomic E-state index is 13.0. The Morgan fingerprint density at radius 2 is 1.72 bits per heavy atom. The number of alkyl carbamates (subject to hydrolysis) is 1. The van der Waals surface area contributed by atoms with Gasteiger partial charge in [0.2, 0.25) is 0 Å². The summed E-state index contributed by atoms with van der Waals surface area (Å²) in [5.41, 5.74) is -1.19. The molecule has 0 aromatic heterocycles. The topological polar surface area (TPSA) is 108 Å². The molecule has 2 aromatic carbocycles. The summed E-state index contributed by atoms with van der Waals surface area (Å²) >= 11 is 0. The fourth-order valence-electron chi connectivity index (χ4n) is 3.09. The zero-order valence-corrected chi connectivity index (χ0v) is 16.4. The number of ether oxygens (including phenoxy) is 2. The lowest BCUT2D eigenvalue weighted by Crippen LogP contribution is -2.48. The normalized spacial score (nSPS) is 20.4. The van der Waals surface area contributed by atoms with Gasteiger partial charge in [-0.3, -0.25) is 10.1 Å². The molecule has 1 saturated carbocycles. The minimum Gasteiger partial charge on any atom is -0.444 e. The summed E-state index contributed by atoms with van der Waals surface area (Å²) < 4.78 is 10.7. The number of hydrogen-bond donors (Lipinski definition) is 1. The Morgan fingerprint density at radius 1 is 1.10 bits per heavy atom. The molecule has 0 bridgehead atoms. The predicted octanol–water partition coefficient (Wildman–Crippen LogP) is 3.95. The maximum absolute atomic E-state index is 13.0. The number of non-ortho nitro benzene ring substituents is 1. The highest BCUT2D eigenvalue weighted by Crippen LogP contribution is 2.52. The molecule has 2 aromatic rings. The molecule has 0 aliphatic heterocycles. The Balaban J connectivity index is 1.80. The van der Waals surface area contributed by atoms with Crippen molar-refractivity contribution in [2.45, 2.75) is 44.2 Å². The van der Waals surface area contributed by atoms with Gasteiger partial charge < -0.3 is 14.8 Å². The van der Waals surface area contributed by atoms with Gasteiger partial charge in [-0.2, -0.15) is 0 Å². The van der Waals surface area contributed by atoms with Gasteiger partial charge in [-0.15, -0.1) is 0 Å². The number of benzene rings is 2. The SMILES string of the molecule is CC(C)(C)OC(=O)N[C@@]1(C(=O)Oc2ccc([N+](=O)[O-])cc2)C[C@@H]1c1ccccc1. The van der Waals surface area contributed by atoms with Crippen molar-refractivity contribution in [2.24, 2.45) is 0 Å². The summed E-state index contributed by atoms with van der Waals surface area (Å²) in [6.45, 7) is 5.20. The molecule has 152 valence electrons. The van der Waals surface area contributed by atoms with E-state index in [-0.39, 0.29) is 17.4 Å². The van der Waals surface area contributed by atoms with E-state index >= 15 is 0 Å². The van der Waals surface area contributed by atoms with Crippen LogP contribution in [0, 0.1) is 10.1 Å². The number of nitrogens with zero attached hydrogens (tertiary/aromatic N) is 1. The number of nitrogens with one attached hydrogen (secondary N) is 1. The third-order valence-electron chi connectivity index (χ3n) is 4.51. The van der Waals surface area contributed by atoms with Crippen molar-refractivity contribution < 1.29 is 24.0 Å². The summed E-state index contributed by atoms with van der Waals surface area (Å²) in [5.74, 6) is -0.752. The van der Waals surface area contributed by atoms with Crippen LogP contribution in [0.3, 0.4) is 0 Å². The second-order valence-electron chi connectivity index (χ2n) is 7.91. The molecule has 0 unspecified atom stereocenters. The Kier molecular flexibility index (Phi) is 5.28. The number of rotatable bonds is 5. The summed E-state index contributed by atoms with van der Waals surface area (Å²) in [5, 5.41) is 13.5. The third kappa shape index (κ3) is 4.71. The van der Waals surface area contributed by atoms with Crippen molar-refractivity contribution >= 4 is 17.7 Å². The first-order chi connectivity index (χ1) is 13.6. The molecule has 0 saturated heterocycles. The first kappa shape index (κ1) is 20.3. The molecule has 1 aliphatic rings. The predicted molar refractivity (Wildman–Crippen MR) is 105 cm³/mol. The highest BCUT2D eigenvalue weighted by molar-refractivity contribution is 5.92. The smallest absolute Gasteiger partial charge is 0.408 e. The fourth-order valence-corrected chi connectivity index (χ4v) is 3.09. The monoisotopic (exact) mass is 398 g/mol. The van der Waals surface area contributed by atoms with Crippen LogP contribution in [0.15, 0.2) is 54.6 Å². The van der Waals surface area contributed by atoms with Gasteiger partial charge in [0, 0.05) is 18.1 Å². The number of esters is 1. The number of nitro benzene ring substituents is 1. The van der Waals surface area contributed by atoms with Crippen LogP contribution in [-0.4, -0.2) is 28.1 Å². The van der Waals surface area contributed by atoms with Crippen molar-refractivity contribution in [3.8, 4) is 5.75 Å². The molecule has 8 nitrogen and oxygen atoms in total. The van der Waals surface area contributed by atoms with Gasteiger partial charge in [-0.25, -0.2) is 9.59 Å². The van der Waals surface area contributed by atoms with Gasteiger partial charge in [0.1, 0.15) is 16.9 Å². The Labute approximate surface area is 168 Å².